The van der Waals surface area contributed by atoms with Gasteiger partial charge in [-0.15, -0.1) is 48.3 Å². The van der Waals surface area contributed by atoms with Gasteiger partial charge < -0.3 is 9.80 Å². The molecule has 2 saturated heterocycles. The average Bonchev–Trinajstić information content (AvgIpc) is 3.13. The summed E-state index contributed by atoms with van der Waals surface area (Å²) in [5, 5.41) is 1.98. The molecule has 0 atom stereocenters. The highest BCUT2D eigenvalue weighted by Gasteiger charge is 2.20. The van der Waals surface area contributed by atoms with E-state index in [0.29, 0.717) is 0 Å². The Hall–Kier alpha value is -2.60. The molecule has 8 nitrogen and oxygen atoms in total. The Morgan fingerprint density at radius 1 is 0.600 bits per heavy atom. The third-order valence-corrected chi connectivity index (χ3v) is 10.3. The summed E-state index contributed by atoms with van der Waals surface area (Å²) in [4.78, 5) is 42.9. The number of thioether (sulfide) groups is 2. The lowest BCUT2D eigenvalue weighted by Crippen LogP contribution is -2.48. The van der Waals surface area contributed by atoms with Crippen LogP contribution < -0.4 is 0 Å². The van der Waals surface area contributed by atoms with Gasteiger partial charge in [0.1, 0.15) is 10.1 Å². The summed E-state index contributed by atoms with van der Waals surface area (Å²) in [7, 11) is 0. The number of hydrogen-bond acceptors (Lipinski definition) is 8. The van der Waals surface area contributed by atoms with E-state index in [2.05, 4.69) is 19.8 Å². The predicted octanol–water partition coefficient (Wildman–Crippen LogP) is 7.23. The molecule has 0 unspecified atom stereocenters. The molecule has 0 bridgehead atoms. The number of rotatable bonds is 17. The predicted molar refractivity (Wildman–Crippen MR) is 217 cm³/mol. The van der Waals surface area contributed by atoms with Gasteiger partial charge in [0.15, 0.2) is 0 Å². The lowest BCUT2D eigenvalue weighted by molar-refractivity contribution is -0.128. The van der Waals surface area contributed by atoms with Gasteiger partial charge in [0, 0.05) is 88.0 Å². The molecule has 2 aliphatic rings. The molecule has 4 heterocycles. The molecule has 274 valence electrons. The molecule has 0 saturated carbocycles. The quantitative estimate of drug-likeness (QED) is 0.0725. The second kappa shape index (κ2) is 25.4. The SMILES string of the molecule is CSc1ncccc1/C=C/C=C/C(=O)N1CCN(CCCCCCCCN2CCN(C(=O)/C=C/C=C/c3cccnc3SC)CC2)CC1.Cl.Cl. The van der Waals surface area contributed by atoms with E-state index in [1.807, 2.05) is 83.0 Å². The van der Waals surface area contributed by atoms with Crippen molar-refractivity contribution in [1.29, 1.82) is 0 Å². The standard InChI is InChI=1S/C38H52N6O2S2.2ClH/c1-47-37-33(17-13-21-39-37)15-7-9-19-35(45)43-29-25-41(26-30-43)23-11-5-3-4-6-12-24-42-27-31-44(32-28-42)36(46)20-10-8-16-34-18-14-22-40-38(34)48-2;;/h7-10,13-22H,3-6,11-12,23-32H2,1-2H3;2*1H/b15-7+,16-8+,19-9+,20-10+;;. The van der Waals surface area contributed by atoms with Crippen molar-refractivity contribution in [3.05, 3.63) is 84.2 Å². The van der Waals surface area contributed by atoms with E-state index in [9.17, 15) is 9.59 Å². The largest absolute Gasteiger partial charge is 0.337 e. The van der Waals surface area contributed by atoms with Crippen molar-refractivity contribution in [2.24, 2.45) is 0 Å². The molecule has 0 radical (unpaired) electrons. The Bertz CT molecular complexity index is 1300. The van der Waals surface area contributed by atoms with Crippen LogP contribution in [0.5, 0.6) is 0 Å². The van der Waals surface area contributed by atoms with E-state index < -0.39 is 0 Å². The number of carbonyl (C=O) groups is 2. The summed E-state index contributed by atoms with van der Waals surface area (Å²) in [5.74, 6) is 0.183. The smallest absolute Gasteiger partial charge is 0.246 e. The third kappa shape index (κ3) is 15.3. The van der Waals surface area contributed by atoms with E-state index in [-0.39, 0.29) is 36.6 Å². The van der Waals surface area contributed by atoms with Crippen molar-refractivity contribution in [2.45, 2.75) is 48.6 Å². The average molecular weight is 762 g/mol. The number of carbonyl (C=O) groups excluding carboxylic acids is 2. The first-order valence-electron chi connectivity index (χ1n) is 17.3. The Labute approximate surface area is 320 Å². The molecule has 2 amide bonds. The number of nitrogens with zero attached hydrogens (tertiary/aromatic N) is 6. The molecular weight excluding hydrogens is 707 g/mol. The molecule has 0 spiro atoms. The van der Waals surface area contributed by atoms with Gasteiger partial charge in [-0.2, -0.15) is 0 Å². The minimum Gasteiger partial charge on any atom is -0.337 e. The Kier molecular flexibility index (Phi) is 22.1. The molecule has 0 aliphatic carbocycles. The summed E-state index contributed by atoms with van der Waals surface area (Å²) < 4.78 is 0. The summed E-state index contributed by atoms with van der Waals surface area (Å²) in [6, 6.07) is 7.92. The van der Waals surface area contributed by atoms with Gasteiger partial charge in [-0.1, -0.05) is 74.3 Å². The molecule has 50 heavy (non-hydrogen) atoms. The summed E-state index contributed by atoms with van der Waals surface area (Å²) >= 11 is 3.24. The van der Waals surface area contributed by atoms with Gasteiger partial charge in [-0.25, -0.2) is 9.97 Å². The zero-order valence-electron chi connectivity index (χ0n) is 29.5. The number of allylic oxidation sites excluding steroid dienone is 4. The van der Waals surface area contributed by atoms with Crippen molar-refractivity contribution in [3.63, 3.8) is 0 Å². The Balaban J connectivity index is 0.00000433. The zero-order chi connectivity index (χ0) is 33.8. The topological polar surface area (TPSA) is 72.9 Å². The highest BCUT2D eigenvalue weighted by molar-refractivity contribution is 7.98. The van der Waals surface area contributed by atoms with E-state index in [0.717, 1.165) is 86.6 Å². The maximum Gasteiger partial charge on any atom is 0.246 e. The van der Waals surface area contributed by atoms with E-state index in [1.54, 1.807) is 48.1 Å². The molecule has 0 N–H and O–H groups in total. The molecular formula is C38H54Cl2N6O2S2. The van der Waals surface area contributed by atoms with Crippen LogP contribution in [0.2, 0.25) is 0 Å². The molecule has 2 fully saturated rings. The third-order valence-electron chi connectivity index (χ3n) is 8.81. The fraction of sp³-hybridized carbons (Fsp3) is 0.474. The minimum absolute atomic E-state index is 0. The molecule has 2 aromatic heterocycles. The van der Waals surface area contributed by atoms with Crippen LogP contribution in [0, 0.1) is 0 Å². The van der Waals surface area contributed by atoms with Crippen molar-refractivity contribution in [2.75, 3.05) is 78.0 Å². The first-order valence-corrected chi connectivity index (χ1v) is 19.7. The van der Waals surface area contributed by atoms with Gasteiger partial charge in [-0.05, 0) is 50.6 Å². The van der Waals surface area contributed by atoms with Gasteiger partial charge in [0.25, 0.3) is 0 Å². The van der Waals surface area contributed by atoms with Crippen LogP contribution >= 0.6 is 48.3 Å². The highest BCUT2D eigenvalue weighted by Crippen LogP contribution is 2.19. The van der Waals surface area contributed by atoms with Gasteiger partial charge >= 0.3 is 0 Å². The van der Waals surface area contributed by atoms with Gasteiger partial charge in [0.05, 0.1) is 0 Å². The van der Waals surface area contributed by atoms with Crippen LogP contribution in [0.15, 0.2) is 83.2 Å². The number of pyridine rings is 2. The van der Waals surface area contributed by atoms with Crippen molar-refractivity contribution >= 4 is 72.3 Å². The second-order valence-corrected chi connectivity index (χ2v) is 13.7. The Morgan fingerprint density at radius 2 is 0.980 bits per heavy atom. The maximum absolute atomic E-state index is 12.6. The van der Waals surface area contributed by atoms with Crippen LogP contribution in [-0.4, -0.2) is 119 Å². The minimum atomic E-state index is 0. The van der Waals surface area contributed by atoms with Crippen molar-refractivity contribution in [1.82, 2.24) is 29.6 Å². The molecule has 4 rings (SSSR count). The normalized spacial score (nSPS) is 16.0. The monoisotopic (exact) mass is 760 g/mol. The van der Waals surface area contributed by atoms with E-state index in [1.165, 1.54) is 38.5 Å². The fourth-order valence-electron chi connectivity index (χ4n) is 5.97. The summed E-state index contributed by atoms with van der Waals surface area (Å²) in [6.45, 7) is 9.29. The van der Waals surface area contributed by atoms with Crippen LogP contribution in [0.3, 0.4) is 0 Å². The molecule has 12 heteroatoms. The van der Waals surface area contributed by atoms with Gasteiger partial charge in [0.2, 0.25) is 11.8 Å². The van der Waals surface area contributed by atoms with Crippen molar-refractivity contribution in [3.8, 4) is 0 Å². The molecule has 2 aliphatic heterocycles. The number of piperazine rings is 2. The maximum atomic E-state index is 12.6. The highest BCUT2D eigenvalue weighted by atomic mass is 35.5. The van der Waals surface area contributed by atoms with Crippen molar-refractivity contribution < 1.29 is 9.59 Å². The second-order valence-electron chi connectivity index (χ2n) is 12.1. The number of aromatic nitrogens is 2. The number of hydrogen-bond donors (Lipinski definition) is 0. The zero-order valence-corrected chi connectivity index (χ0v) is 32.8. The number of amides is 2. The number of halogens is 2. The van der Waals surface area contributed by atoms with Crippen LogP contribution in [-0.2, 0) is 9.59 Å². The Morgan fingerprint density at radius 3 is 1.36 bits per heavy atom. The van der Waals surface area contributed by atoms with Crippen LogP contribution in [0.1, 0.15) is 49.7 Å². The number of unbranched alkanes of at least 4 members (excludes halogenated alkanes) is 5. The summed E-state index contributed by atoms with van der Waals surface area (Å²) in [6.07, 6.45) is 30.1. The molecule has 0 aromatic carbocycles. The lowest BCUT2D eigenvalue weighted by atomic mass is 10.1. The van der Waals surface area contributed by atoms with Gasteiger partial charge in [-0.3, -0.25) is 19.4 Å². The molecule has 2 aromatic rings. The van der Waals surface area contributed by atoms with Crippen LogP contribution in [0.4, 0.5) is 0 Å². The lowest BCUT2D eigenvalue weighted by Gasteiger charge is -2.34. The summed E-state index contributed by atoms with van der Waals surface area (Å²) in [5.41, 5.74) is 2.13. The first kappa shape index (κ1) is 43.6. The van der Waals surface area contributed by atoms with E-state index >= 15 is 0 Å². The first-order chi connectivity index (χ1) is 23.6. The van der Waals surface area contributed by atoms with Crippen LogP contribution in [0.25, 0.3) is 12.2 Å². The fourth-order valence-corrected chi connectivity index (χ4v) is 7.04. The van der Waals surface area contributed by atoms with E-state index in [4.69, 9.17) is 0 Å².